The minimum atomic E-state index is -4.00. The van der Waals surface area contributed by atoms with Crippen molar-refractivity contribution in [3.63, 3.8) is 0 Å². The van der Waals surface area contributed by atoms with E-state index in [-0.39, 0.29) is 43.0 Å². The van der Waals surface area contributed by atoms with E-state index in [2.05, 4.69) is 4.98 Å². The van der Waals surface area contributed by atoms with Crippen LogP contribution in [0, 0.1) is 11.8 Å². The first-order valence-electron chi connectivity index (χ1n) is 18.6. The first-order valence-corrected chi connectivity index (χ1v) is 20.0. The van der Waals surface area contributed by atoms with Crippen molar-refractivity contribution < 1.29 is 46.4 Å². The van der Waals surface area contributed by atoms with Crippen molar-refractivity contribution in [2.45, 2.75) is 94.1 Å². The molecule has 53 heavy (non-hydrogen) atoms. The fourth-order valence-electron chi connectivity index (χ4n) is 8.28. The number of hydrogen-bond donors (Lipinski definition) is 0. The number of rotatable bonds is 12. The van der Waals surface area contributed by atoms with Crippen molar-refractivity contribution in [1.29, 1.82) is 0 Å². The molecule has 5 atom stereocenters. The Morgan fingerprint density at radius 3 is 2.58 bits per heavy atom. The summed E-state index contributed by atoms with van der Waals surface area (Å²) in [4.78, 5) is 20.4. The quantitative estimate of drug-likeness (QED) is 0.232. The van der Waals surface area contributed by atoms with Gasteiger partial charge in [0, 0.05) is 25.4 Å². The number of sulfonamides is 1. The molecule has 0 spiro atoms. The minimum Gasteiger partial charge on any atom is -0.487 e. The number of hydrogen-bond acceptors (Lipinski definition) is 11. The van der Waals surface area contributed by atoms with E-state index in [4.69, 9.17) is 33.2 Å². The van der Waals surface area contributed by atoms with Crippen molar-refractivity contribution in [3.05, 3.63) is 78.1 Å². The van der Waals surface area contributed by atoms with Crippen LogP contribution in [0.3, 0.4) is 0 Å². The maximum Gasteiger partial charge on any atom is 0.412 e. The molecular weight excluding hydrogens is 703 g/mol. The molecule has 1 aromatic heterocycles. The number of carbonyl (C=O) groups is 1. The summed E-state index contributed by atoms with van der Waals surface area (Å²) in [7, 11) is -4.00. The van der Waals surface area contributed by atoms with Gasteiger partial charge >= 0.3 is 6.09 Å². The Morgan fingerprint density at radius 2 is 1.79 bits per heavy atom. The highest BCUT2D eigenvalue weighted by Crippen LogP contribution is 2.40. The molecule has 4 aliphatic heterocycles. The third-order valence-corrected chi connectivity index (χ3v) is 12.8. The summed E-state index contributed by atoms with van der Waals surface area (Å²) in [5.41, 5.74) is 0.642. The first kappa shape index (κ1) is 36.0. The molecule has 284 valence electrons. The third-order valence-electron chi connectivity index (χ3n) is 11.0. The lowest BCUT2D eigenvalue weighted by Gasteiger charge is -2.34. The lowest BCUT2D eigenvalue weighted by atomic mass is 9.99. The summed E-state index contributed by atoms with van der Waals surface area (Å²) in [5, 5.41) is 0. The first-order chi connectivity index (χ1) is 25.6. The summed E-state index contributed by atoms with van der Waals surface area (Å²) in [6, 6.07) is 17.6. The van der Waals surface area contributed by atoms with Crippen LogP contribution in [0.1, 0.15) is 57.2 Å². The fraction of sp³-hybridized carbons (Fsp3) is 0.538. The molecule has 8 rings (SSSR count). The molecule has 0 N–H and O–H groups in total. The smallest absolute Gasteiger partial charge is 0.412 e. The molecule has 4 fully saturated rings. The average Bonchev–Trinajstić information content (AvgIpc) is 3.99. The van der Waals surface area contributed by atoms with Crippen molar-refractivity contribution in [2.24, 2.45) is 11.8 Å². The van der Waals surface area contributed by atoms with Gasteiger partial charge < -0.3 is 33.2 Å². The van der Waals surface area contributed by atoms with Gasteiger partial charge in [0.25, 0.3) is 0 Å². The summed E-state index contributed by atoms with van der Waals surface area (Å²) in [6.07, 6.45) is 4.88. The van der Waals surface area contributed by atoms with E-state index < -0.39 is 40.1 Å². The SMILES string of the molecule is CC1(C)O[C@H](CN(CC2CCCC2)S(=O)(=O)c2ccc3c(c2)OCO3)[C@H](Cc2ccc(OCc3ccccn3)cc2)N1C(=O)O[C@H]1CO[C@H]2OCC[C@H]21. The molecule has 5 aliphatic rings. The molecule has 3 saturated heterocycles. The van der Waals surface area contributed by atoms with E-state index in [0.29, 0.717) is 43.4 Å². The standard InChI is InChI=1S/C39H47N3O10S/c1-39(2)42(38(43)51-36-24-48-37-31(36)16-18-46-37)32(19-26-10-12-29(13-11-26)47-23-28-9-5-6-17-40-28)35(52-39)22-41(21-27-7-3-4-8-27)53(44,45)30-14-15-33-34(20-30)50-25-49-33/h5-6,9-15,17,20,27,31-32,35-37H,3-4,7-8,16,18-19,21-25H2,1-2H3/t31-,32-,35+,36-,37+/m0/s1. The fourth-order valence-corrected chi connectivity index (χ4v) is 9.83. The lowest BCUT2D eigenvalue weighted by Crippen LogP contribution is -2.51. The number of benzene rings is 2. The zero-order chi connectivity index (χ0) is 36.6. The molecule has 2 aromatic carbocycles. The summed E-state index contributed by atoms with van der Waals surface area (Å²) in [6.45, 7) is 5.24. The Hall–Kier alpha value is -3.95. The molecule has 1 amide bonds. The van der Waals surface area contributed by atoms with Gasteiger partial charge in [-0.05, 0) is 87.4 Å². The molecular formula is C39H47N3O10S. The number of aromatic nitrogens is 1. The highest BCUT2D eigenvalue weighted by Gasteiger charge is 2.53. The van der Waals surface area contributed by atoms with E-state index in [1.165, 1.54) is 6.07 Å². The Balaban J connectivity index is 1.07. The summed E-state index contributed by atoms with van der Waals surface area (Å²) >= 11 is 0. The zero-order valence-electron chi connectivity index (χ0n) is 30.1. The largest absolute Gasteiger partial charge is 0.487 e. The number of fused-ring (bicyclic) bond motifs is 2. The molecule has 1 aliphatic carbocycles. The van der Waals surface area contributed by atoms with Gasteiger partial charge in [-0.3, -0.25) is 9.88 Å². The number of amides is 1. The average molecular weight is 750 g/mol. The van der Waals surface area contributed by atoms with E-state index in [0.717, 1.165) is 43.4 Å². The van der Waals surface area contributed by atoms with Crippen LogP contribution in [-0.2, 0) is 42.0 Å². The van der Waals surface area contributed by atoms with Gasteiger partial charge in [-0.2, -0.15) is 4.31 Å². The van der Waals surface area contributed by atoms with Gasteiger partial charge in [0.15, 0.2) is 17.8 Å². The monoisotopic (exact) mass is 749 g/mol. The van der Waals surface area contributed by atoms with E-state index >= 15 is 0 Å². The minimum absolute atomic E-state index is 0.0350. The van der Waals surface area contributed by atoms with Gasteiger partial charge in [0.2, 0.25) is 16.8 Å². The van der Waals surface area contributed by atoms with E-state index in [9.17, 15) is 13.2 Å². The second-order valence-corrected chi connectivity index (χ2v) is 16.9. The lowest BCUT2D eigenvalue weighted by molar-refractivity contribution is -0.0911. The Bertz CT molecular complexity index is 1850. The highest BCUT2D eigenvalue weighted by molar-refractivity contribution is 7.89. The Morgan fingerprint density at radius 1 is 0.981 bits per heavy atom. The maximum absolute atomic E-state index is 14.5. The summed E-state index contributed by atoms with van der Waals surface area (Å²) < 4.78 is 71.9. The molecule has 5 heterocycles. The summed E-state index contributed by atoms with van der Waals surface area (Å²) in [5.74, 6) is 1.78. The van der Waals surface area contributed by atoms with Crippen LogP contribution in [0.2, 0.25) is 0 Å². The molecule has 13 nitrogen and oxygen atoms in total. The van der Waals surface area contributed by atoms with Crippen LogP contribution in [0.15, 0.2) is 71.8 Å². The zero-order valence-corrected chi connectivity index (χ0v) is 30.9. The predicted molar refractivity (Wildman–Crippen MR) is 191 cm³/mol. The molecule has 0 radical (unpaired) electrons. The van der Waals surface area contributed by atoms with Crippen molar-refractivity contribution in [2.75, 3.05) is 33.1 Å². The molecule has 3 aromatic rings. The number of ether oxygens (including phenoxy) is 7. The number of pyridine rings is 1. The van der Waals surface area contributed by atoms with Crippen LogP contribution >= 0.6 is 0 Å². The van der Waals surface area contributed by atoms with Crippen LogP contribution in [0.4, 0.5) is 4.79 Å². The van der Waals surface area contributed by atoms with Crippen LogP contribution in [0.5, 0.6) is 17.2 Å². The molecule has 1 saturated carbocycles. The normalized spacial score (nSPS) is 26.3. The van der Waals surface area contributed by atoms with Crippen LogP contribution in [0.25, 0.3) is 0 Å². The van der Waals surface area contributed by atoms with Gasteiger partial charge in [-0.25, -0.2) is 13.2 Å². The van der Waals surface area contributed by atoms with Crippen molar-refractivity contribution >= 4 is 16.1 Å². The molecule has 14 heteroatoms. The van der Waals surface area contributed by atoms with Crippen LogP contribution in [-0.4, -0.2) is 92.1 Å². The van der Waals surface area contributed by atoms with Gasteiger partial charge in [0.05, 0.1) is 41.9 Å². The molecule has 0 bridgehead atoms. The predicted octanol–water partition coefficient (Wildman–Crippen LogP) is 5.52. The second kappa shape index (κ2) is 15.1. The topological polar surface area (TPSA) is 135 Å². The Labute approximate surface area is 310 Å². The second-order valence-electron chi connectivity index (χ2n) is 14.9. The Kier molecular flexibility index (Phi) is 10.2. The van der Waals surface area contributed by atoms with Crippen molar-refractivity contribution in [3.8, 4) is 17.2 Å². The van der Waals surface area contributed by atoms with Gasteiger partial charge in [0.1, 0.15) is 24.2 Å². The third kappa shape index (κ3) is 7.70. The molecule has 0 unspecified atom stereocenters. The number of nitrogens with zero attached hydrogens (tertiary/aromatic N) is 3. The number of carbonyl (C=O) groups excluding carboxylic acids is 1. The van der Waals surface area contributed by atoms with E-state index in [1.807, 2.05) is 56.3 Å². The van der Waals surface area contributed by atoms with Gasteiger partial charge in [-0.15, -0.1) is 0 Å². The highest BCUT2D eigenvalue weighted by atomic mass is 32.2. The van der Waals surface area contributed by atoms with Crippen LogP contribution < -0.4 is 14.2 Å². The maximum atomic E-state index is 14.5. The van der Waals surface area contributed by atoms with Gasteiger partial charge in [-0.1, -0.05) is 31.0 Å². The van der Waals surface area contributed by atoms with Crippen molar-refractivity contribution in [1.82, 2.24) is 14.2 Å². The van der Waals surface area contributed by atoms with E-state index in [1.54, 1.807) is 27.5 Å².